The Hall–Kier alpha value is -0.620. The van der Waals surface area contributed by atoms with Crippen molar-refractivity contribution in [3.05, 3.63) is 0 Å². The normalized spacial score (nSPS) is 26.6. The maximum atomic E-state index is 10.9. The minimum Gasteiger partial charge on any atom is -0.239 e. The van der Waals surface area contributed by atoms with Crippen molar-refractivity contribution in [2.45, 2.75) is 0 Å². The van der Waals surface area contributed by atoms with Gasteiger partial charge in [0.15, 0.2) is 5.94 Å². The second-order valence-electron chi connectivity index (χ2n) is 1.94. The Kier molecular flexibility index (Phi) is 2.13. The average molecular weight is 211 g/mol. The number of hydrogen-bond donors (Lipinski definition) is 0. The van der Waals surface area contributed by atoms with Gasteiger partial charge in [-0.3, -0.25) is 0 Å². The summed E-state index contributed by atoms with van der Waals surface area (Å²) in [5.41, 5.74) is 0. The van der Waals surface area contributed by atoms with Crippen LogP contribution in [0.1, 0.15) is 0 Å². The van der Waals surface area contributed by atoms with Crippen molar-refractivity contribution in [2.75, 3.05) is 12.5 Å². The highest BCUT2D eigenvalue weighted by atomic mass is 32.3. The number of rotatable bonds is 1. The van der Waals surface area contributed by atoms with E-state index in [1.165, 1.54) is 0 Å². The fourth-order valence-electron chi connectivity index (χ4n) is 0.630. The van der Waals surface area contributed by atoms with Crippen LogP contribution in [0.25, 0.3) is 0 Å². The quantitative estimate of drug-likeness (QED) is 0.492. The molecule has 0 atom stereocenters. The van der Waals surface area contributed by atoms with Crippen LogP contribution >= 0.6 is 0 Å². The fraction of sp³-hybridized carbons (Fsp3) is 0.500. The van der Waals surface area contributed by atoms with Crippen molar-refractivity contribution in [2.24, 2.45) is 0 Å². The molecule has 0 amide bonds. The summed E-state index contributed by atoms with van der Waals surface area (Å²) in [5, 5.41) is 0. The lowest BCUT2D eigenvalue weighted by Crippen LogP contribution is -2.29. The van der Waals surface area contributed by atoms with Crippen LogP contribution < -0.4 is 0 Å². The van der Waals surface area contributed by atoms with E-state index < -0.39 is 32.8 Å². The Morgan fingerprint density at radius 3 is 2.33 bits per heavy atom. The van der Waals surface area contributed by atoms with E-state index in [0.717, 1.165) is 0 Å². The topological polar surface area (TPSA) is 80.8 Å². The van der Waals surface area contributed by atoms with Crippen LogP contribution in [-0.4, -0.2) is 33.0 Å². The van der Waals surface area contributed by atoms with E-state index >= 15 is 0 Å². The largest absolute Gasteiger partial charge is 0.353 e. The summed E-state index contributed by atoms with van der Waals surface area (Å²) >= 11 is 0. The highest BCUT2D eigenvalue weighted by molar-refractivity contribution is 8.04. The molecular formula is C4H5NO5S2. The van der Waals surface area contributed by atoms with E-state index in [0.29, 0.717) is 0 Å². The molecule has 0 aromatic rings. The molecule has 0 N–H and O–H groups in total. The van der Waals surface area contributed by atoms with E-state index in [1.54, 1.807) is 0 Å². The molecular weight excluding hydrogens is 206 g/mol. The van der Waals surface area contributed by atoms with Gasteiger partial charge >= 0.3 is 10.3 Å². The van der Waals surface area contributed by atoms with E-state index in [9.17, 15) is 16.8 Å². The van der Waals surface area contributed by atoms with Crippen LogP contribution in [0.4, 0.5) is 0 Å². The average Bonchev–Trinajstić information content (AvgIpc) is 2.13. The minimum atomic E-state index is -4.15. The second kappa shape index (κ2) is 2.70. The van der Waals surface area contributed by atoms with Gasteiger partial charge in [0.2, 0.25) is 0 Å². The molecule has 1 aliphatic rings. The fourth-order valence-corrected chi connectivity index (χ4v) is 3.71. The maximum Gasteiger partial charge on any atom is 0.353 e. The summed E-state index contributed by atoms with van der Waals surface area (Å²) in [4.78, 5) is 0. The van der Waals surface area contributed by atoms with Gasteiger partial charge in [0.25, 0.3) is 10.0 Å². The van der Waals surface area contributed by atoms with Crippen LogP contribution in [0.5, 0.6) is 0 Å². The molecule has 0 unspecified atom stereocenters. The Labute approximate surface area is 70.4 Å². The van der Waals surface area contributed by atoms with Gasteiger partial charge in [-0.15, -0.1) is 6.42 Å². The van der Waals surface area contributed by atoms with Gasteiger partial charge < -0.3 is 0 Å². The maximum absolute atomic E-state index is 10.9. The van der Waals surface area contributed by atoms with Gasteiger partial charge in [-0.25, -0.2) is 12.6 Å². The van der Waals surface area contributed by atoms with E-state index in [2.05, 4.69) is 4.18 Å². The van der Waals surface area contributed by atoms with Crippen molar-refractivity contribution >= 4 is 20.3 Å². The van der Waals surface area contributed by atoms with Crippen LogP contribution in [0, 0.1) is 12.3 Å². The standard InChI is InChI=1S/C4H5NO5S2/c1-2-3-5-11(6,7)4-10-12(5,8)9/h1H,3-4H2. The third kappa shape index (κ3) is 1.44. The first-order valence-corrected chi connectivity index (χ1v) is 5.71. The first kappa shape index (κ1) is 9.47. The molecule has 0 aliphatic carbocycles. The molecule has 1 rings (SSSR count). The smallest absolute Gasteiger partial charge is 0.239 e. The van der Waals surface area contributed by atoms with E-state index in [1.807, 2.05) is 5.92 Å². The number of terminal acetylenes is 1. The van der Waals surface area contributed by atoms with Gasteiger partial charge in [0.05, 0.1) is 6.54 Å². The van der Waals surface area contributed by atoms with Crippen LogP contribution in [0.15, 0.2) is 0 Å². The van der Waals surface area contributed by atoms with Gasteiger partial charge in [0.1, 0.15) is 0 Å². The lowest BCUT2D eigenvalue weighted by atomic mass is 10.7. The molecule has 0 spiro atoms. The van der Waals surface area contributed by atoms with Crippen molar-refractivity contribution in [3.8, 4) is 12.3 Å². The lowest BCUT2D eigenvalue weighted by Gasteiger charge is -2.05. The predicted octanol–water partition coefficient (Wildman–Crippen LogP) is -1.52. The Morgan fingerprint density at radius 2 is 2.00 bits per heavy atom. The third-order valence-electron chi connectivity index (χ3n) is 1.13. The van der Waals surface area contributed by atoms with E-state index in [4.69, 9.17) is 6.42 Å². The Balaban J connectivity index is 3.16. The van der Waals surface area contributed by atoms with Crippen molar-refractivity contribution in [1.82, 2.24) is 3.71 Å². The molecule has 0 saturated carbocycles. The molecule has 1 aliphatic heterocycles. The molecule has 0 aromatic carbocycles. The zero-order valence-electron chi connectivity index (χ0n) is 5.80. The van der Waals surface area contributed by atoms with Crippen molar-refractivity contribution < 1.29 is 21.0 Å². The van der Waals surface area contributed by atoms with Gasteiger partial charge in [-0.2, -0.15) is 8.42 Å². The highest BCUT2D eigenvalue weighted by Crippen LogP contribution is 2.18. The second-order valence-corrected chi connectivity index (χ2v) is 5.54. The van der Waals surface area contributed by atoms with Crippen LogP contribution in [-0.2, 0) is 24.5 Å². The minimum absolute atomic E-state index is 0.153. The summed E-state index contributed by atoms with van der Waals surface area (Å²) in [6.45, 7) is -0.523. The van der Waals surface area contributed by atoms with Gasteiger partial charge in [-0.05, 0) is 0 Å². The molecule has 1 heterocycles. The van der Waals surface area contributed by atoms with Crippen LogP contribution in [0.2, 0.25) is 0 Å². The molecule has 1 saturated heterocycles. The first-order chi connectivity index (χ1) is 5.40. The summed E-state index contributed by atoms with van der Waals surface area (Å²) < 4.78 is 47.6. The molecule has 0 radical (unpaired) electrons. The van der Waals surface area contributed by atoms with Crippen LogP contribution in [0.3, 0.4) is 0 Å². The van der Waals surface area contributed by atoms with Gasteiger partial charge in [-0.1, -0.05) is 9.63 Å². The summed E-state index contributed by atoms with van der Waals surface area (Å²) in [5.74, 6) is 1.04. The van der Waals surface area contributed by atoms with E-state index in [-0.39, 0.29) is 3.71 Å². The first-order valence-electron chi connectivity index (χ1n) is 2.73. The molecule has 68 valence electrons. The Morgan fingerprint density at radius 1 is 1.42 bits per heavy atom. The summed E-state index contributed by atoms with van der Waals surface area (Å²) in [6, 6.07) is 0. The summed E-state index contributed by atoms with van der Waals surface area (Å²) in [6.07, 6.45) is 4.77. The van der Waals surface area contributed by atoms with Gasteiger partial charge in [0, 0.05) is 0 Å². The lowest BCUT2D eigenvalue weighted by molar-refractivity contribution is 0.374. The molecule has 6 nitrogen and oxygen atoms in total. The molecule has 12 heavy (non-hydrogen) atoms. The zero-order chi connectivity index (χ0) is 9.41. The zero-order valence-corrected chi connectivity index (χ0v) is 7.43. The number of sulfonamides is 1. The SMILES string of the molecule is C#CCN1S(=O)(=O)COS1(=O)=O. The monoisotopic (exact) mass is 211 g/mol. The van der Waals surface area contributed by atoms with Crippen molar-refractivity contribution in [3.63, 3.8) is 0 Å². The number of nitrogens with zero attached hydrogens (tertiary/aromatic N) is 1. The molecule has 1 fully saturated rings. The predicted molar refractivity (Wildman–Crippen MR) is 39.3 cm³/mol. The Bertz CT molecular complexity index is 379. The number of hydrogen-bond acceptors (Lipinski definition) is 5. The summed E-state index contributed by atoms with van der Waals surface area (Å²) in [7, 11) is -8.03. The third-order valence-corrected chi connectivity index (χ3v) is 4.71. The van der Waals surface area contributed by atoms with Crippen molar-refractivity contribution in [1.29, 1.82) is 0 Å². The highest BCUT2D eigenvalue weighted by Gasteiger charge is 2.42. The molecule has 0 bridgehead atoms. The molecule has 0 aromatic heterocycles. The molecule has 8 heteroatoms.